The van der Waals surface area contributed by atoms with Crippen LogP contribution in [0.3, 0.4) is 0 Å². The number of nitrogens with one attached hydrogen (secondary N) is 1. The maximum atomic E-state index is 12.1. The topological polar surface area (TPSA) is 65.5 Å². The molecule has 1 aromatic carbocycles. The average molecular weight is 317 g/mol. The number of anilines is 1. The van der Waals surface area contributed by atoms with E-state index in [0.29, 0.717) is 11.6 Å². The van der Waals surface area contributed by atoms with Gasteiger partial charge in [-0.05, 0) is 43.9 Å². The van der Waals surface area contributed by atoms with Crippen molar-refractivity contribution in [3.8, 4) is 0 Å². The average Bonchev–Trinajstić information content (AvgIpc) is 3.06. The molecular formula is C16H19N3O2S. The van der Waals surface area contributed by atoms with E-state index in [4.69, 9.17) is 0 Å². The highest BCUT2D eigenvalue weighted by atomic mass is 32.1. The monoisotopic (exact) mass is 317 g/mol. The van der Waals surface area contributed by atoms with Gasteiger partial charge in [-0.25, -0.2) is 4.98 Å². The van der Waals surface area contributed by atoms with E-state index >= 15 is 0 Å². The minimum Gasteiger partial charge on any atom is -0.394 e. The minimum atomic E-state index is 0.00811. The first-order valence-corrected chi connectivity index (χ1v) is 8.65. The number of hydrogen-bond donors (Lipinski definition) is 2. The van der Waals surface area contributed by atoms with Crippen molar-refractivity contribution in [2.75, 3.05) is 18.1 Å². The summed E-state index contributed by atoms with van der Waals surface area (Å²) in [7, 11) is 0. The maximum Gasteiger partial charge on any atom is 0.251 e. The maximum absolute atomic E-state index is 12.1. The summed E-state index contributed by atoms with van der Waals surface area (Å²) in [6.45, 7) is 1.12. The summed E-state index contributed by atoms with van der Waals surface area (Å²) in [5.41, 5.74) is 1.63. The zero-order chi connectivity index (χ0) is 15.1. The van der Waals surface area contributed by atoms with Gasteiger partial charge in [0.25, 0.3) is 5.91 Å². The number of carbonyl (C=O) groups excluding carboxylic acids is 1. The summed E-state index contributed by atoms with van der Waals surface area (Å²) in [5.74, 6) is 0.00811. The number of benzene rings is 1. The second-order valence-electron chi connectivity index (χ2n) is 6.10. The number of amides is 1. The van der Waals surface area contributed by atoms with E-state index in [0.717, 1.165) is 47.6 Å². The first-order chi connectivity index (χ1) is 10.7. The molecule has 22 heavy (non-hydrogen) atoms. The molecule has 4 rings (SSSR count). The van der Waals surface area contributed by atoms with Crippen LogP contribution in [-0.4, -0.2) is 41.2 Å². The Morgan fingerprint density at radius 2 is 2.27 bits per heavy atom. The Morgan fingerprint density at radius 3 is 3.05 bits per heavy atom. The van der Waals surface area contributed by atoms with Crippen LogP contribution in [0, 0.1) is 0 Å². The van der Waals surface area contributed by atoms with Crippen molar-refractivity contribution in [3.05, 3.63) is 23.8 Å². The second kappa shape index (κ2) is 5.52. The molecule has 2 aromatic rings. The van der Waals surface area contributed by atoms with E-state index in [1.54, 1.807) is 11.3 Å². The molecule has 0 spiro atoms. The van der Waals surface area contributed by atoms with E-state index in [1.807, 2.05) is 18.2 Å². The molecule has 2 aliphatic rings. The van der Waals surface area contributed by atoms with E-state index in [2.05, 4.69) is 15.2 Å². The molecule has 0 bridgehead atoms. The molecule has 1 saturated carbocycles. The Morgan fingerprint density at radius 1 is 1.41 bits per heavy atom. The quantitative estimate of drug-likeness (QED) is 0.907. The molecular weight excluding hydrogens is 298 g/mol. The van der Waals surface area contributed by atoms with Gasteiger partial charge in [0.2, 0.25) is 0 Å². The van der Waals surface area contributed by atoms with Gasteiger partial charge in [0.1, 0.15) is 0 Å². The normalized spacial score (nSPS) is 21.5. The van der Waals surface area contributed by atoms with Gasteiger partial charge in [-0.15, -0.1) is 0 Å². The van der Waals surface area contributed by atoms with E-state index in [9.17, 15) is 9.90 Å². The highest BCUT2D eigenvalue weighted by Gasteiger charge is 2.27. The van der Waals surface area contributed by atoms with E-state index < -0.39 is 0 Å². The lowest BCUT2D eigenvalue weighted by atomic mass is 10.2. The lowest BCUT2D eigenvalue weighted by molar-refractivity contribution is 0.0951. The SMILES string of the molecule is O=C(NC1CC1)c1ccc2nc(N3CCCC3CO)sc2c1. The van der Waals surface area contributed by atoms with Crippen molar-refractivity contribution in [2.45, 2.75) is 37.8 Å². The fourth-order valence-corrected chi connectivity index (χ4v) is 4.05. The highest BCUT2D eigenvalue weighted by molar-refractivity contribution is 7.22. The Bertz CT molecular complexity index is 710. The molecule has 1 atom stereocenters. The highest BCUT2D eigenvalue weighted by Crippen LogP contribution is 2.33. The summed E-state index contributed by atoms with van der Waals surface area (Å²) in [6, 6.07) is 6.24. The van der Waals surface area contributed by atoms with Gasteiger partial charge < -0.3 is 15.3 Å². The molecule has 1 amide bonds. The van der Waals surface area contributed by atoms with Gasteiger partial charge in [-0.1, -0.05) is 11.3 Å². The third-order valence-electron chi connectivity index (χ3n) is 4.39. The van der Waals surface area contributed by atoms with Gasteiger partial charge in [0, 0.05) is 18.2 Å². The van der Waals surface area contributed by atoms with Crippen molar-refractivity contribution in [2.24, 2.45) is 0 Å². The predicted octanol–water partition coefficient (Wildman–Crippen LogP) is 2.15. The zero-order valence-corrected chi connectivity index (χ0v) is 13.1. The second-order valence-corrected chi connectivity index (χ2v) is 7.11. The first kappa shape index (κ1) is 14.0. The van der Waals surface area contributed by atoms with Crippen LogP contribution in [0.15, 0.2) is 18.2 Å². The molecule has 2 fully saturated rings. The largest absolute Gasteiger partial charge is 0.394 e. The Balaban J connectivity index is 1.61. The third-order valence-corrected chi connectivity index (χ3v) is 5.44. The summed E-state index contributed by atoms with van der Waals surface area (Å²) in [5, 5.41) is 13.4. The number of hydrogen-bond acceptors (Lipinski definition) is 5. The number of rotatable bonds is 4. The van der Waals surface area contributed by atoms with Crippen molar-refractivity contribution in [3.63, 3.8) is 0 Å². The van der Waals surface area contributed by atoms with Crippen LogP contribution < -0.4 is 10.2 Å². The van der Waals surface area contributed by atoms with Gasteiger partial charge in [-0.3, -0.25) is 4.79 Å². The summed E-state index contributed by atoms with van der Waals surface area (Å²) in [6.07, 6.45) is 4.30. The molecule has 1 saturated heterocycles. The van der Waals surface area contributed by atoms with E-state index in [-0.39, 0.29) is 18.6 Å². The Hall–Kier alpha value is -1.66. The number of fused-ring (bicyclic) bond motifs is 1. The van der Waals surface area contributed by atoms with Gasteiger partial charge in [0.15, 0.2) is 5.13 Å². The van der Waals surface area contributed by atoms with Crippen LogP contribution in [0.1, 0.15) is 36.0 Å². The molecule has 1 aliphatic carbocycles. The number of carbonyl (C=O) groups is 1. The lowest BCUT2D eigenvalue weighted by Gasteiger charge is -2.21. The molecule has 2 heterocycles. The molecule has 0 radical (unpaired) electrons. The number of aromatic nitrogens is 1. The van der Waals surface area contributed by atoms with Crippen LogP contribution in [0.25, 0.3) is 10.2 Å². The zero-order valence-electron chi connectivity index (χ0n) is 12.3. The van der Waals surface area contributed by atoms with Crippen molar-refractivity contribution in [1.82, 2.24) is 10.3 Å². The predicted molar refractivity (Wildman–Crippen MR) is 87.6 cm³/mol. The fraction of sp³-hybridized carbons (Fsp3) is 0.500. The fourth-order valence-electron chi connectivity index (χ4n) is 2.95. The van der Waals surface area contributed by atoms with Crippen LogP contribution in [0.4, 0.5) is 5.13 Å². The molecule has 1 unspecified atom stereocenters. The molecule has 5 nitrogen and oxygen atoms in total. The minimum absolute atomic E-state index is 0.00811. The Kier molecular flexibility index (Phi) is 3.50. The molecule has 1 aromatic heterocycles. The number of aliphatic hydroxyl groups is 1. The van der Waals surface area contributed by atoms with Crippen LogP contribution in [-0.2, 0) is 0 Å². The lowest BCUT2D eigenvalue weighted by Crippen LogP contribution is -2.31. The van der Waals surface area contributed by atoms with Crippen molar-refractivity contribution in [1.29, 1.82) is 0 Å². The van der Waals surface area contributed by atoms with Crippen molar-refractivity contribution < 1.29 is 9.90 Å². The van der Waals surface area contributed by atoms with E-state index in [1.165, 1.54) is 0 Å². The van der Waals surface area contributed by atoms with Crippen molar-refractivity contribution >= 4 is 32.6 Å². The van der Waals surface area contributed by atoms with Gasteiger partial charge in [0.05, 0.1) is 22.9 Å². The number of aliphatic hydroxyl groups excluding tert-OH is 1. The smallest absolute Gasteiger partial charge is 0.251 e. The van der Waals surface area contributed by atoms with Crippen LogP contribution in [0.5, 0.6) is 0 Å². The van der Waals surface area contributed by atoms with Crippen LogP contribution in [0.2, 0.25) is 0 Å². The number of nitrogens with zero attached hydrogens (tertiary/aromatic N) is 2. The molecule has 1 aliphatic heterocycles. The summed E-state index contributed by atoms with van der Waals surface area (Å²) in [4.78, 5) is 19.0. The molecule has 2 N–H and O–H groups in total. The van der Waals surface area contributed by atoms with Gasteiger partial charge >= 0.3 is 0 Å². The molecule has 6 heteroatoms. The third kappa shape index (κ3) is 2.57. The Labute approximate surface area is 133 Å². The van der Waals surface area contributed by atoms with Gasteiger partial charge in [-0.2, -0.15) is 0 Å². The molecule has 116 valence electrons. The van der Waals surface area contributed by atoms with Crippen LogP contribution >= 0.6 is 11.3 Å². The summed E-state index contributed by atoms with van der Waals surface area (Å²) < 4.78 is 1.03. The summed E-state index contributed by atoms with van der Waals surface area (Å²) >= 11 is 1.60. The first-order valence-electron chi connectivity index (χ1n) is 7.83. The number of thiazole rings is 1. The standard InChI is InChI=1S/C16H19N3O2S/c20-9-12-2-1-7-19(12)16-18-13-6-3-10(8-14(13)22-16)15(21)17-11-4-5-11/h3,6,8,11-12,20H,1-2,4-5,7,9H2,(H,17,21).